The Morgan fingerprint density at radius 1 is 0.964 bits per heavy atom. The van der Waals surface area contributed by atoms with Gasteiger partial charge in [-0.15, -0.1) is 0 Å². The lowest BCUT2D eigenvalue weighted by molar-refractivity contribution is -0.140. The lowest BCUT2D eigenvalue weighted by atomic mass is 10.0. The summed E-state index contributed by atoms with van der Waals surface area (Å²) in [7, 11) is 0. The number of aryl methyl sites for hydroxylation is 2. The van der Waals surface area contributed by atoms with Crippen LogP contribution < -0.4 is 5.32 Å². The molecule has 0 bridgehead atoms. The third-order valence-electron chi connectivity index (χ3n) is 5.15. The quantitative estimate of drug-likeness (QED) is 0.719. The Labute approximate surface area is 169 Å². The molecule has 2 amide bonds. The molecule has 4 heteroatoms. The number of nitrogens with one attached hydrogen (secondary N) is 1. The van der Waals surface area contributed by atoms with E-state index in [2.05, 4.69) is 37.4 Å². The number of carbonyl (C=O) groups is 2. The first-order valence-electron chi connectivity index (χ1n) is 10.1. The summed E-state index contributed by atoms with van der Waals surface area (Å²) in [4.78, 5) is 27.5. The Morgan fingerprint density at radius 3 is 2.29 bits per heavy atom. The molecule has 0 aliphatic carbocycles. The van der Waals surface area contributed by atoms with Gasteiger partial charge in [-0.1, -0.05) is 55.5 Å². The van der Waals surface area contributed by atoms with Crippen molar-refractivity contribution in [1.29, 1.82) is 0 Å². The van der Waals surface area contributed by atoms with E-state index in [4.69, 9.17) is 0 Å². The minimum absolute atomic E-state index is 0.00251. The number of likely N-dealkylation sites (N-methyl/N-ethyl adjacent to an activating group) is 1. The molecule has 1 unspecified atom stereocenters. The first kappa shape index (κ1) is 21.7. The summed E-state index contributed by atoms with van der Waals surface area (Å²) in [5.74, 6) is -0.0798. The summed E-state index contributed by atoms with van der Waals surface area (Å²) < 4.78 is 0. The average molecular weight is 381 g/mol. The van der Waals surface area contributed by atoms with Gasteiger partial charge in [-0.3, -0.25) is 9.59 Å². The Hall–Kier alpha value is -2.62. The number of nitrogens with zero attached hydrogens (tertiary/aromatic N) is 1. The predicted molar refractivity (Wildman–Crippen MR) is 114 cm³/mol. The number of rotatable bonds is 9. The van der Waals surface area contributed by atoms with Gasteiger partial charge in [-0.05, 0) is 55.9 Å². The van der Waals surface area contributed by atoms with Crippen molar-refractivity contribution in [2.45, 2.75) is 53.0 Å². The molecule has 0 aromatic heterocycles. The zero-order valence-corrected chi connectivity index (χ0v) is 17.5. The van der Waals surface area contributed by atoms with E-state index in [1.807, 2.05) is 44.2 Å². The van der Waals surface area contributed by atoms with E-state index >= 15 is 0 Å². The molecule has 2 aromatic carbocycles. The molecular formula is C24H32N2O2. The standard InChI is InChI=1S/C24H32N2O2/c1-5-22(24(28)25-6-2)26(15-14-20-10-8-7-9-11-20)23(27)17-21-13-12-18(3)19(4)16-21/h7-13,16,22H,5-6,14-15,17H2,1-4H3,(H,25,28). The topological polar surface area (TPSA) is 49.4 Å². The second-order valence-corrected chi connectivity index (χ2v) is 7.24. The van der Waals surface area contributed by atoms with Crippen LogP contribution in [-0.4, -0.2) is 35.8 Å². The fourth-order valence-electron chi connectivity index (χ4n) is 3.38. The second-order valence-electron chi connectivity index (χ2n) is 7.24. The van der Waals surface area contributed by atoms with E-state index in [1.165, 1.54) is 11.1 Å². The summed E-state index contributed by atoms with van der Waals surface area (Å²) in [5, 5.41) is 2.88. The van der Waals surface area contributed by atoms with Crippen molar-refractivity contribution in [1.82, 2.24) is 10.2 Å². The van der Waals surface area contributed by atoms with Crippen LogP contribution in [-0.2, 0) is 22.4 Å². The van der Waals surface area contributed by atoms with Gasteiger partial charge in [0.1, 0.15) is 6.04 Å². The molecule has 4 nitrogen and oxygen atoms in total. The van der Waals surface area contributed by atoms with Crippen molar-refractivity contribution >= 4 is 11.8 Å². The Bertz CT molecular complexity index is 786. The molecular weight excluding hydrogens is 348 g/mol. The molecule has 0 saturated heterocycles. The van der Waals surface area contributed by atoms with Crippen LogP contribution in [0, 0.1) is 13.8 Å². The second kappa shape index (κ2) is 10.6. The maximum atomic E-state index is 13.2. The van der Waals surface area contributed by atoms with E-state index < -0.39 is 6.04 Å². The van der Waals surface area contributed by atoms with Crippen LogP contribution in [0.4, 0.5) is 0 Å². The van der Waals surface area contributed by atoms with Gasteiger partial charge in [-0.25, -0.2) is 0 Å². The molecule has 150 valence electrons. The fourth-order valence-corrected chi connectivity index (χ4v) is 3.38. The van der Waals surface area contributed by atoms with E-state index in [9.17, 15) is 9.59 Å². The summed E-state index contributed by atoms with van der Waals surface area (Å²) in [6.07, 6.45) is 1.64. The van der Waals surface area contributed by atoms with Crippen molar-refractivity contribution in [3.8, 4) is 0 Å². The highest BCUT2D eigenvalue weighted by Crippen LogP contribution is 2.14. The van der Waals surface area contributed by atoms with Crippen molar-refractivity contribution in [3.63, 3.8) is 0 Å². The minimum Gasteiger partial charge on any atom is -0.355 e. The summed E-state index contributed by atoms with van der Waals surface area (Å²) in [6, 6.07) is 15.8. The zero-order chi connectivity index (χ0) is 20.5. The van der Waals surface area contributed by atoms with Crippen LogP contribution in [0.2, 0.25) is 0 Å². The van der Waals surface area contributed by atoms with Gasteiger partial charge in [0.2, 0.25) is 11.8 Å². The molecule has 1 N–H and O–H groups in total. The van der Waals surface area contributed by atoms with Crippen LogP contribution in [0.3, 0.4) is 0 Å². The lowest BCUT2D eigenvalue weighted by Crippen LogP contribution is -2.50. The molecule has 0 aliphatic rings. The highest BCUT2D eigenvalue weighted by molar-refractivity contribution is 5.88. The number of carbonyl (C=O) groups excluding carboxylic acids is 2. The van der Waals surface area contributed by atoms with Crippen LogP contribution in [0.5, 0.6) is 0 Å². The molecule has 0 heterocycles. The first-order valence-corrected chi connectivity index (χ1v) is 10.1. The van der Waals surface area contributed by atoms with Crippen molar-refractivity contribution < 1.29 is 9.59 Å². The molecule has 1 atom stereocenters. The number of hydrogen-bond donors (Lipinski definition) is 1. The zero-order valence-electron chi connectivity index (χ0n) is 17.5. The van der Waals surface area contributed by atoms with Crippen LogP contribution in [0.1, 0.15) is 42.5 Å². The molecule has 2 aromatic rings. The number of hydrogen-bond acceptors (Lipinski definition) is 2. The minimum atomic E-state index is -0.442. The Balaban J connectivity index is 2.20. The van der Waals surface area contributed by atoms with Gasteiger partial charge in [-0.2, -0.15) is 0 Å². The van der Waals surface area contributed by atoms with E-state index in [-0.39, 0.29) is 11.8 Å². The summed E-state index contributed by atoms with van der Waals surface area (Å²) in [6.45, 7) is 9.07. The normalized spacial score (nSPS) is 11.7. The van der Waals surface area contributed by atoms with Crippen molar-refractivity contribution in [2.24, 2.45) is 0 Å². The number of benzene rings is 2. The maximum absolute atomic E-state index is 13.2. The third kappa shape index (κ3) is 5.95. The van der Waals surface area contributed by atoms with E-state index in [0.29, 0.717) is 25.9 Å². The Kier molecular flexibility index (Phi) is 8.24. The molecule has 0 radical (unpaired) electrons. The smallest absolute Gasteiger partial charge is 0.242 e. The molecule has 0 spiro atoms. The van der Waals surface area contributed by atoms with Gasteiger partial charge in [0, 0.05) is 13.1 Å². The summed E-state index contributed by atoms with van der Waals surface area (Å²) >= 11 is 0. The SMILES string of the molecule is CCNC(=O)C(CC)N(CCc1ccccc1)C(=O)Cc1ccc(C)c(C)c1. The van der Waals surface area contributed by atoms with Crippen LogP contribution in [0.15, 0.2) is 48.5 Å². The number of amides is 2. The largest absolute Gasteiger partial charge is 0.355 e. The fraction of sp³-hybridized carbons (Fsp3) is 0.417. The van der Waals surface area contributed by atoms with Crippen molar-refractivity contribution in [3.05, 3.63) is 70.8 Å². The molecule has 2 rings (SSSR count). The van der Waals surface area contributed by atoms with Gasteiger partial charge in [0.15, 0.2) is 0 Å². The van der Waals surface area contributed by atoms with Gasteiger partial charge in [0.25, 0.3) is 0 Å². The molecule has 0 saturated carbocycles. The predicted octanol–water partition coefficient (Wildman–Crippen LogP) is 3.83. The third-order valence-corrected chi connectivity index (χ3v) is 5.15. The monoisotopic (exact) mass is 380 g/mol. The highest BCUT2D eigenvalue weighted by atomic mass is 16.2. The lowest BCUT2D eigenvalue weighted by Gasteiger charge is -2.30. The van der Waals surface area contributed by atoms with Gasteiger partial charge < -0.3 is 10.2 Å². The van der Waals surface area contributed by atoms with Gasteiger partial charge >= 0.3 is 0 Å². The maximum Gasteiger partial charge on any atom is 0.242 e. The van der Waals surface area contributed by atoms with Crippen LogP contribution in [0.25, 0.3) is 0 Å². The van der Waals surface area contributed by atoms with E-state index in [0.717, 1.165) is 17.5 Å². The Morgan fingerprint density at radius 2 is 1.68 bits per heavy atom. The van der Waals surface area contributed by atoms with E-state index in [1.54, 1.807) is 4.90 Å². The molecule has 0 aliphatic heterocycles. The average Bonchev–Trinajstić information content (AvgIpc) is 2.68. The van der Waals surface area contributed by atoms with Crippen molar-refractivity contribution in [2.75, 3.05) is 13.1 Å². The highest BCUT2D eigenvalue weighted by Gasteiger charge is 2.27. The molecule has 0 fully saturated rings. The summed E-state index contributed by atoms with van der Waals surface area (Å²) in [5.41, 5.74) is 4.54. The molecule has 28 heavy (non-hydrogen) atoms. The van der Waals surface area contributed by atoms with Crippen LogP contribution >= 0.6 is 0 Å². The first-order chi connectivity index (χ1) is 13.5. The van der Waals surface area contributed by atoms with Gasteiger partial charge in [0.05, 0.1) is 6.42 Å².